The first-order chi connectivity index (χ1) is 9.34. The second-order valence-electron chi connectivity index (χ2n) is 4.74. The van der Waals surface area contributed by atoms with Gasteiger partial charge in [-0.2, -0.15) is 11.8 Å². The summed E-state index contributed by atoms with van der Waals surface area (Å²) < 4.78 is 5.64. The second kappa shape index (κ2) is 5.90. The molecule has 1 saturated heterocycles. The predicted molar refractivity (Wildman–Crippen MR) is 78.5 cm³/mol. The van der Waals surface area contributed by atoms with Crippen molar-refractivity contribution < 1.29 is 9.84 Å². The molecule has 2 atom stereocenters. The van der Waals surface area contributed by atoms with Crippen LogP contribution in [0.25, 0.3) is 10.9 Å². The summed E-state index contributed by atoms with van der Waals surface area (Å²) in [7, 11) is 0. The highest BCUT2D eigenvalue weighted by Gasteiger charge is 2.23. The number of aliphatic hydroxyl groups excluding tert-OH is 1. The number of benzene rings is 1. The van der Waals surface area contributed by atoms with Crippen LogP contribution >= 0.6 is 11.8 Å². The number of rotatable bonds is 3. The van der Waals surface area contributed by atoms with E-state index >= 15 is 0 Å². The van der Waals surface area contributed by atoms with Gasteiger partial charge in [0.2, 0.25) is 0 Å². The lowest BCUT2D eigenvalue weighted by Crippen LogP contribution is -2.36. The summed E-state index contributed by atoms with van der Waals surface area (Å²) in [4.78, 5) is 4.34. The van der Waals surface area contributed by atoms with E-state index in [4.69, 9.17) is 4.74 Å². The molecular weight excluding hydrogens is 258 g/mol. The molecule has 3 nitrogen and oxygen atoms in total. The van der Waals surface area contributed by atoms with Gasteiger partial charge in [0.15, 0.2) is 0 Å². The van der Waals surface area contributed by atoms with Crippen LogP contribution < -0.4 is 0 Å². The molecule has 2 aromatic rings. The maximum atomic E-state index is 10.3. The standard InChI is InChI=1S/C15H17NO2S/c17-14(15-10-19-8-7-18-15)9-11-5-6-16-13-4-2-1-3-12(11)13/h1-6,14-15,17H,7-10H2. The molecule has 4 heteroatoms. The minimum atomic E-state index is -0.446. The van der Waals surface area contributed by atoms with Crippen molar-refractivity contribution in [3.05, 3.63) is 42.1 Å². The van der Waals surface area contributed by atoms with Gasteiger partial charge in [0, 0.05) is 29.5 Å². The maximum Gasteiger partial charge on any atom is 0.0927 e. The van der Waals surface area contributed by atoms with Gasteiger partial charge in [-0.25, -0.2) is 0 Å². The third-order valence-electron chi connectivity index (χ3n) is 3.44. The molecule has 3 rings (SSSR count). The van der Waals surface area contributed by atoms with E-state index in [-0.39, 0.29) is 6.10 Å². The van der Waals surface area contributed by atoms with E-state index in [0.29, 0.717) is 6.42 Å². The second-order valence-corrected chi connectivity index (χ2v) is 5.89. The molecule has 1 fully saturated rings. The molecule has 19 heavy (non-hydrogen) atoms. The van der Waals surface area contributed by atoms with Crippen LogP contribution in [0.2, 0.25) is 0 Å². The summed E-state index contributed by atoms with van der Waals surface area (Å²) in [5.74, 6) is 1.91. The topological polar surface area (TPSA) is 42.4 Å². The Morgan fingerprint density at radius 1 is 1.37 bits per heavy atom. The Morgan fingerprint density at radius 3 is 3.11 bits per heavy atom. The molecule has 1 N–H and O–H groups in total. The zero-order chi connectivity index (χ0) is 13.1. The number of aliphatic hydroxyl groups is 1. The summed E-state index contributed by atoms with van der Waals surface area (Å²) in [6.45, 7) is 0.740. The number of nitrogens with zero attached hydrogens (tertiary/aromatic N) is 1. The minimum absolute atomic E-state index is 0.0503. The fourth-order valence-corrected chi connectivity index (χ4v) is 3.35. The molecule has 0 spiro atoms. The number of hydrogen-bond donors (Lipinski definition) is 1. The first-order valence-corrected chi connectivity index (χ1v) is 7.70. The fraction of sp³-hybridized carbons (Fsp3) is 0.400. The van der Waals surface area contributed by atoms with E-state index in [1.807, 2.05) is 36.0 Å². The Labute approximate surface area is 117 Å². The van der Waals surface area contributed by atoms with Crippen molar-refractivity contribution in [1.29, 1.82) is 0 Å². The van der Waals surface area contributed by atoms with Crippen molar-refractivity contribution in [2.24, 2.45) is 0 Å². The van der Waals surface area contributed by atoms with E-state index in [2.05, 4.69) is 11.1 Å². The Hall–Kier alpha value is -1.10. The average molecular weight is 275 g/mol. The Kier molecular flexibility index (Phi) is 4.01. The molecule has 1 aliphatic rings. The van der Waals surface area contributed by atoms with Gasteiger partial charge < -0.3 is 9.84 Å². The molecule has 0 amide bonds. The highest BCUT2D eigenvalue weighted by molar-refractivity contribution is 7.99. The minimum Gasteiger partial charge on any atom is -0.390 e. The summed E-state index contributed by atoms with van der Waals surface area (Å²) in [5, 5.41) is 11.4. The molecular formula is C15H17NO2S. The molecule has 1 aliphatic heterocycles. The molecule has 100 valence electrons. The van der Waals surface area contributed by atoms with Gasteiger partial charge in [-0.3, -0.25) is 4.98 Å². The number of ether oxygens (including phenoxy) is 1. The van der Waals surface area contributed by atoms with Gasteiger partial charge >= 0.3 is 0 Å². The first kappa shape index (κ1) is 12.9. The highest BCUT2D eigenvalue weighted by Crippen LogP contribution is 2.21. The van der Waals surface area contributed by atoms with Gasteiger partial charge in [0.05, 0.1) is 24.3 Å². The largest absolute Gasteiger partial charge is 0.390 e. The summed E-state index contributed by atoms with van der Waals surface area (Å²) in [5.41, 5.74) is 2.11. The van der Waals surface area contributed by atoms with Crippen molar-refractivity contribution in [2.45, 2.75) is 18.6 Å². The first-order valence-electron chi connectivity index (χ1n) is 6.54. The summed E-state index contributed by atoms with van der Waals surface area (Å²) in [6.07, 6.45) is 1.93. The number of pyridine rings is 1. The van der Waals surface area contributed by atoms with E-state index in [1.165, 1.54) is 0 Å². The van der Waals surface area contributed by atoms with Crippen molar-refractivity contribution in [3.63, 3.8) is 0 Å². The number of fused-ring (bicyclic) bond motifs is 1. The van der Waals surface area contributed by atoms with Crippen molar-refractivity contribution in [3.8, 4) is 0 Å². The molecule has 0 aliphatic carbocycles. The smallest absolute Gasteiger partial charge is 0.0927 e. The molecule has 1 aromatic heterocycles. The van der Waals surface area contributed by atoms with E-state index in [0.717, 1.165) is 34.6 Å². The summed E-state index contributed by atoms with van der Waals surface area (Å²) >= 11 is 1.85. The molecule has 2 heterocycles. The highest BCUT2D eigenvalue weighted by atomic mass is 32.2. The lowest BCUT2D eigenvalue weighted by molar-refractivity contribution is -0.0206. The number of para-hydroxylation sites is 1. The van der Waals surface area contributed by atoms with Gasteiger partial charge in [0.1, 0.15) is 0 Å². The van der Waals surface area contributed by atoms with Crippen LogP contribution in [-0.2, 0) is 11.2 Å². The van der Waals surface area contributed by atoms with Crippen LogP contribution in [0.15, 0.2) is 36.5 Å². The number of thioether (sulfide) groups is 1. The quantitative estimate of drug-likeness (QED) is 0.933. The maximum absolute atomic E-state index is 10.3. The number of aromatic nitrogens is 1. The lowest BCUT2D eigenvalue weighted by Gasteiger charge is -2.27. The van der Waals surface area contributed by atoms with Crippen LogP contribution in [0.5, 0.6) is 0 Å². The SMILES string of the molecule is OC(Cc1ccnc2ccccc12)C1CSCCO1. The average Bonchev–Trinajstić information content (AvgIpc) is 2.48. The van der Waals surface area contributed by atoms with E-state index in [9.17, 15) is 5.11 Å². The van der Waals surface area contributed by atoms with Crippen LogP contribution in [0.3, 0.4) is 0 Å². The third-order valence-corrected chi connectivity index (χ3v) is 4.46. The monoisotopic (exact) mass is 275 g/mol. The van der Waals surface area contributed by atoms with Gasteiger partial charge in [0.25, 0.3) is 0 Å². The van der Waals surface area contributed by atoms with Crippen LogP contribution in [0, 0.1) is 0 Å². The zero-order valence-electron chi connectivity index (χ0n) is 10.7. The van der Waals surface area contributed by atoms with Gasteiger partial charge in [-0.15, -0.1) is 0 Å². The lowest BCUT2D eigenvalue weighted by atomic mass is 10.0. The van der Waals surface area contributed by atoms with Crippen LogP contribution in [0.1, 0.15) is 5.56 Å². The van der Waals surface area contributed by atoms with E-state index in [1.54, 1.807) is 6.20 Å². The van der Waals surface area contributed by atoms with Crippen LogP contribution in [0.4, 0.5) is 0 Å². The Balaban J connectivity index is 1.80. The Bertz CT molecular complexity index is 549. The zero-order valence-corrected chi connectivity index (χ0v) is 11.5. The molecule has 0 saturated carbocycles. The fourth-order valence-electron chi connectivity index (χ4n) is 2.42. The van der Waals surface area contributed by atoms with Gasteiger partial charge in [-0.05, 0) is 17.7 Å². The molecule has 0 bridgehead atoms. The molecule has 2 unspecified atom stereocenters. The predicted octanol–water partition coefficient (Wildman–Crippen LogP) is 2.27. The molecule has 0 radical (unpaired) electrons. The normalized spacial score (nSPS) is 21.4. The van der Waals surface area contributed by atoms with Gasteiger partial charge in [-0.1, -0.05) is 18.2 Å². The van der Waals surface area contributed by atoms with Crippen molar-refractivity contribution >= 4 is 22.7 Å². The van der Waals surface area contributed by atoms with Crippen LogP contribution in [-0.4, -0.2) is 40.4 Å². The number of hydrogen-bond acceptors (Lipinski definition) is 4. The summed E-state index contributed by atoms with van der Waals surface area (Å²) in [6, 6.07) is 10.0. The molecule has 1 aromatic carbocycles. The third kappa shape index (κ3) is 2.91. The Morgan fingerprint density at radius 2 is 2.26 bits per heavy atom. The van der Waals surface area contributed by atoms with Crippen molar-refractivity contribution in [2.75, 3.05) is 18.1 Å². The van der Waals surface area contributed by atoms with E-state index < -0.39 is 6.10 Å². The van der Waals surface area contributed by atoms with Crippen molar-refractivity contribution in [1.82, 2.24) is 4.98 Å².